The fourth-order valence-corrected chi connectivity index (χ4v) is 2.98. The van der Waals surface area contributed by atoms with Crippen molar-refractivity contribution in [1.29, 1.82) is 5.41 Å². The number of nitrogens with zero attached hydrogens (tertiary/aromatic N) is 3. The molecule has 0 atom stereocenters. The molecule has 0 spiro atoms. The molecule has 5 heteroatoms. The molecule has 2 heterocycles. The van der Waals surface area contributed by atoms with Gasteiger partial charge in [0, 0.05) is 28.9 Å². The monoisotopic (exact) mass is 320 g/mol. The fraction of sp³-hybridized carbons (Fsp3) is 0.0556. The number of fused-ring (bicyclic) bond motifs is 2. The van der Waals surface area contributed by atoms with E-state index in [1.54, 1.807) is 0 Å². The van der Waals surface area contributed by atoms with Gasteiger partial charge in [0.15, 0.2) is 5.15 Å². The Morgan fingerprint density at radius 2 is 1.78 bits per heavy atom. The summed E-state index contributed by atoms with van der Waals surface area (Å²) in [4.78, 5) is 9.06. The van der Waals surface area contributed by atoms with Gasteiger partial charge in [-0.1, -0.05) is 35.9 Å². The van der Waals surface area contributed by atoms with E-state index in [0.29, 0.717) is 11.7 Å². The summed E-state index contributed by atoms with van der Waals surface area (Å²) in [6.45, 7) is 0.543. The van der Waals surface area contributed by atoms with Crippen LogP contribution in [0.5, 0.6) is 0 Å². The SMILES string of the molecule is N=Cc1cccc2c1ccn2Cc1nc2ccccc2nc1Cl. The van der Waals surface area contributed by atoms with Crippen molar-refractivity contribution in [3.05, 3.63) is 71.1 Å². The van der Waals surface area contributed by atoms with E-state index in [9.17, 15) is 0 Å². The van der Waals surface area contributed by atoms with Gasteiger partial charge in [-0.3, -0.25) is 0 Å². The summed E-state index contributed by atoms with van der Waals surface area (Å²) in [5.41, 5.74) is 4.32. The lowest BCUT2D eigenvalue weighted by Gasteiger charge is -2.08. The van der Waals surface area contributed by atoms with Crippen molar-refractivity contribution in [2.75, 3.05) is 0 Å². The van der Waals surface area contributed by atoms with E-state index in [-0.39, 0.29) is 0 Å². The van der Waals surface area contributed by atoms with Crippen LogP contribution >= 0.6 is 11.6 Å². The van der Waals surface area contributed by atoms with E-state index in [0.717, 1.165) is 33.2 Å². The largest absolute Gasteiger partial charge is 0.341 e. The maximum Gasteiger partial charge on any atom is 0.153 e. The summed E-state index contributed by atoms with van der Waals surface area (Å²) in [6.07, 6.45) is 3.36. The van der Waals surface area contributed by atoms with Gasteiger partial charge in [0.05, 0.1) is 23.3 Å². The number of hydrogen-bond acceptors (Lipinski definition) is 3. The average Bonchev–Trinajstić information content (AvgIpc) is 2.98. The molecule has 0 saturated heterocycles. The number of aromatic nitrogens is 3. The molecule has 4 rings (SSSR count). The number of halogens is 1. The maximum absolute atomic E-state index is 7.50. The molecule has 112 valence electrons. The number of para-hydroxylation sites is 2. The molecule has 0 fully saturated rings. The first-order valence-electron chi connectivity index (χ1n) is 7.26. The lowest BCUT2D eigenvalue weighted by molar-refractivity contribution is 0.807. The molecule has 0 radical (unpaired) electrons. The van der Waals surface area contributed by atoms with E-state index >= 15 is 0 Å². The van der Waals surface area contributed by atoms with Crippen LogP contribution in [0.15, 0.2) is 54.7 Å². The lowest BCUT2D eigenvalue weighted by atomic mass is 10.1. The van der Waals surface area contributed by atoms with Crippen LogP contribution in [0.1, 0.15) is 11.3 Å². The molecule has 0 amide bonds. The van der Waals surface area contributed by atoms with Crippen LogP contribution in [-0.2, 0) is 6.54 Å². The van der Waals surface area contributed by atoms with E-state index in [1.807, 2.05) is 54.7 Å². The smallest absolute Gasteiger partial charge is 0.153 e. The highest BCUT2D eigenvalue weighted by molar-refractivity contribution is 6.30. The summed E-state index contributed by atoms with van der Waals surface area (Å²) in [5, 5.41) is 8.98. The third-order valence-corrected chi connectivity index (χ3v) is 4.22. The molecule has 0 unspecified atom stereocenters. The molecule has 4 aromatic rings. The van der Waals surface area contributed by atoms with Gasteiger partial charge in [-0.25, -0.2) is 9.97 Å². The molecule has 0 bridgehead atoms. The summed E-state index contributed by atoms with van der Waals surface area (Å²) in [5.74, 6) is 0. The Kier molecular flexibility index (Phi) is 3.32. The number of benzene rings is 2. The Morgan fingerprint density at radius 3 is 2.57 bits per heavy atom. The second kappa shape index (κ2) is 5.48. The van der Waals surface area contributed by atoms with Gasteiger partial charge in [-0.05, 0) is 24.3 Å². The van der Waals surface area contributed by atoms with Crippen molar-refractivity contribution in [1.82, 2.24) is 14.5 Å². The summed E-state index contributed by atoms with van der Waals surface area (Å²) in [7, 11) is 0. The zero-order valence-electron chi connectivity index (χ0n) is 12.2. The van der Waals surface area contributed by atoms with Crippen molar-refractivity contribution in [2.45, 2.75) is 6.54 Å². The maximum atomic E-state index is 7.50. The highest BCUT2D eigenvalue weighted by Crippen LogP contribution is 2.22. The minimum absolute atomic E-state index is 0.425. The third kappa shape index (κ3) is 2.37. The highest BCUT2D eigenvalue weighted by Gasteiger charge is 2.10. The molecule has 2 aromatic heterocycles. The quantitative estimate of drug-likeness (QED) is 0.573. The molecule has 0 saturated carbocycles. The fourth-order valence-electron chi connectivity index (χ4n) is 2.79. The standard InChI is InChI=1S/C18H13ClN4/c19-18-16(21-14-5-1-2-6-15(14)22-18)11-23-9-8-13-12(10-20)4-3-7-17(13)23/h1-10,20H,11H2. The number of nitrogens with one attached hydrogen (secondary N) is 1. The van der Waals surface area contributed by atoms with Crippen molar-refractivity contribution in [3.8, 4) is 0 Å². The van der Waals surface area contributed by atoms with Gasteiger partial charge >= 0.3 is 0 Å². The van der Waals surface area contributed by atoms with Gasteiger partial charge in [-0.2, -0.15) is 0 Å². The molecule has 0 aliphatic heterocycles. The van der Waals surface area contributed by atoms with Crippen molar-refractivity contribution >= 4 is 39.8 Å². The predicted molar refractivity (Wildman–Crippen MR) is 93.5 cm³/mol. The van der Waals surface area contributed by atoms with E-state index in [4.69, 9.17) is 17.0 Å². The zero-order valence-corrected chi connectivity index (χ0v) is 13.0. The molecule has 4 nitrogen and oxygen atoms in total. The Bertz CT molecular complexity index is 1040. The second-order valence-electron chi connectivity index (χ2n) is 5.32. The topological polar surface area (TPSA) is 54.6 Å². The normalized spacial score (nSPS) is 11.2. The molecule has 0 aliphatic carbocycles. The van der Waals surface area contributed by atoms with Crippen molar-refractivity contribution in [3.63, 3.8) is 0 Å². The van der Waals surface area contributed by atoms with Gasteiger partial charge in [0.25, 0.3) is 0 Å². The van der Waals surface area contributed by atoms with Crippen LogP contribution in [0.4, 0.5) is 0 Å². The molecular weight excluding hydrogens is 308 g/mol. The Balaban J connectivity index is 1.82. The van der Waals surface area contributed by atoms with Crippen LogP contribution in [0.2, 0.25) is 5.15 Å². The first-order valence-corrected chi connectivity index (χ1v) is 7.63. The van der Waals surface area contributed by atoms with E-state index in [2.05, 4.69) is 14.5 Å². The molecule has 1 N–H and O–H groups in total. The van der Waals surface area contributed by atoms with Gasteiger partial charge in [0.2, 0.25) is 0 Å². The highest BCUT2D eigenvalue weighted by atomic mass is 35.5. The molecule has 0 aliphatic rings. The van der Waals surface area contributed by atoms with E-state index < -0.39 is 0 Å². The van der Waals surface area contributed by atoms with Gasteiger partial charge < -0.3 is 9.98 Å². The Morgan fingerprint density at radius 1 is 1.00 bits per heavy atom. The van der Waals surface area contributed by atoms with Crippen LogP contribution in [0.25, 0.3) is 21.9 Å². The van der Waals surface area contributed by atoms with Crippen molar-refractivity contribution in [2.24, 2.45) is 0 Å². The van der Waals surface area contributed by atoms with Gasteiger partial charge in [-0.15, -0.1) is 0 Å². The van der Waals surface area contributed by atoms with E-state index in [1.165, 1.54) is 6.21 Å². The predicted octanol–water partition coefficient (Wildman–Crippen LogP) is 4.28. The summed E-state index contributed by atoms with van der Waals surface area (Å²) >= 11 is 6.31. The van der Waals surface area contributed by atoms with Gasteiger partial charge in [0.1, 0.15) is 0 Å². The Labute approximate surface area is 137 Å². The summed E-state index contributed by atoms with van der Waals surface area (Å²) < 4.78 is 2.08. The lowest BCUT2D eigenvalue weighted by Crippen LogP contribution is -2.03. The van der Waals surface area contributed by atoms with Crippen LogP contribution < -0.4 is 0 Å². The van der Waals surface area contributed by atoms with Crippen LogP contribution in [0, 0.1) is 5.41 Å². The molecule has 23 heavy (non-hydrogen) atoms. The molecule has 2 aromatic carbocycles. The molecular formula is C18H13ClN4. The van der Waals surface area contributed by atoms with Crippen molar-refractivity contribution < 1.29 is 0 Å². The minimum atomic E-state index is 0.425. The first kappa shape index (κ1) is 13.9. The summed E-state index contributed by atoms with van der Waals surface area (Å²) in [6, 6.07) is 15.6. The van der Waals surface area contributed by atoms with Crippen LogP contribution in [0.3, 0.4) is 0 Å². The third-order valence-electron chi connectivity index (χ3n) is 3.92. The number of hydrogen-bond donors (Lipinski definition) is 1. The average molecular weight is 321 g/mol. The second-order valence-corrected chi connectivity index (χ2v) is 5.68. The minimum Gasteiger partial charge on any atom is -0.341 e. The zero-order chi connectivity index (χ0) is 15.8. The number of rotatable bonds is 3. The van der Waals surface area contributed by atoms with Crippen LogP contribution in [-0.4, -0.2) is 20.7 Å². The Hall–Kier alpha value is -2.72. The first-order chi connectivity index (χ1) is 11.3.